The number of benzene rings is 1. The smallest absolute Gasteiger partial charge is 0.258 e. The Morgan fingerprint density at radius 3 is 2.62 bits per heavy atom. The third kappa shape index (κ3) is 3.91. The Bertz CT molecular complexity index is 1550. The van der Waals surface area contributed by atoms with E-state index in [0.717, 1.165) is 40.3 Å². The van der Waals surface area contributed by atoms with E-state index in [1.807, 2.05) is 58.1 Å². The van der Waals surface area contributed by atoms with Gasteiger partial charge in [-0.15, -0.1) is 22.7 Å². The molecule has 4 aromatic heterocycles. The van der Waals surface area contributed by atoms with Crippen molar-refractivity contribution in [2.24, 2.45) is 0 Å². The molecule has 0 spiro atoms. The minimum atomic E-state index is -0.0545. The summed E-state index contributed by atoms with van der Waals surface area (Å²) in [4.78, 5) is 41.2. The average molecular weight is 488 g/mol. The first-order chi connectivity index (χ1) is 16.7. The van der Waals surface area contributed by atoms with Gasteiger partial charge in [0.1, 0.15) is 0 Å². The van der Waals surface area contributed by atoms with Crippen LogP contribution in [0.15, 0.2) is 70.3 Å². The molecule has 1 fully saturated rings. The molecule has 1 aliphatic heterocycles. The standard InChI is InChI=1S/C25H21N5O2S2/c31-23-14-17(26-25-30(23)11-13-34-25)16-28-7-9-29(10-8-28)24(32)19-15-21(22-6-3-12-33-22)27-20-5-2-1-4-18(19)20/h1-6,11-15H,7-10,16H2. The molecule has 0 aliphatic carbocycles. The van der Waals surface area contributed by atoms with Crippen molar-refractivity contribution in [3.63, 3.8) is 0 Å². The van der Waals surface area contributed by atoms with Crippen molar-refractivity contribution < 1.29 is 4.79 Å². The van der Waals surface area contributed by atoms with E-state index in [1.165, 1.54) is 11.3 Å². The molecular weight excluding hydrogens is 466 g/mol. The fourth-order valence-electron chi connectivity index (χ4n) is 4.38. The highest BCUT2D eigenvalue weighted by atomic mass is 32.1. The summed E-state index contributed by atoms with van der Waals surface area (Å²) in [5.74, 6) is 0.0347. The largest absolute Gasteiger partial charge is 0.336 e. The summed E-state index contributed by atoms with van der Waals surface area (Å²) in [6.07, 6.45) is 1.75. The van der Waals surface area contributed by atoms with Gasteiger partial charge in [0.15, 0.2) is 4.96 Å². The van der Waals surface area contributed by atoms with Crippen molar-refractivity contribution in [2.45, 2.75) is 6.54 Å². The fourth-order valence-corrected chi connectivity index (χ4v) is 5.81. The number of para-hydroxylation sites is 1. The summed E-state index contributed by atoms with van der Waals surface area (Å²) in [5, 5.41) is 4.76. The number of amides is 1. The highest BCUT2D eigenvalue weighted by Crippen LogP contribution is 2.28. The molecule has 1 saturated heterocycles. The van der Waals surface area contributed by atoms with Gasteiger partial charge in [-0.3, -0.25) is 18.9 Å². The lowest BCUT2D eigenvalue weighted by atomic mass is 10.1. The number of rotatable bonds is 4. The van der Waals surface area contributed by atoms with Crippen LogP contribution in [0.5, 0.6) is 0 Å². The molecule has 9 heteroatoms. The maximum atomic E-state index is 13.6. The number of pyridine rings is 1. The molecule has 0 N–H and O–H groups in total. The number of hydrogen-bond donors (Lipinski definition) is 0. The van der Waals surface area contributed by atoms with Crippen LogP contribution in [0.1, 0.15) is 16.1 Å². The molecule has 1 aromatic carbocycles. The van der Waals surface area contributed by atoms with E-state index in [9.17, 15) is 9.59 Å². The van der Waals surface area contributed by atoms with E-state index in [0.29, 0.717) is 30.2 Å². The van der Waals surface area contributed by atoms with Crippen LogP contribution in [0, 0.1) is 0 Å². The third-order valence-electron chi connectivity index (χ3n) is 6.12. The van der Waals surface area contributed by atoms with Gasteiger partial charge in [-0.05, 0) is 23.6 Å². The lowest BCUT2D eigenvalue weighted by molar-refractivity contribution is 0.0629. The number of carbonyl (C=O) groups excluding carboxylic acids is 1. The summed E-state index contributed by atoms with van der Waals surface area (Å²) in [6.45, 7) is 3.33. The number of thiophene rings is 1. The van der Waals surface area contributed by atoms with Crippen LogP contribution >= 0.6 is 22.7 Å². The summed E-state index contributed by atoms with van der Waals surface area (Å²) >= 11 is 3.08. The van der Waals surface area contributed by atoms with Crippen molar-refractivity contribution in [3.8, 4) is 10.6 Å². The monoisotopic (exact) mass is 487 g/mol. The fraction of sp³-hybridized carbons (Fsp3) is 0.200. The zero-order chi connectivity index (χ0) is 23.1. The van der Waals surface area contributed by atoms with Crippen LogP contribution in [0.3, 0.4) is 0 Å². The molecule has 0 atom stereocenters. The second-order valence-electron chi connectivity index (χ2n) is 8.26. The van der Waals surface area contributed by atoms with Crippen molar-refractivity contribution in [1.82, 2.24) is 24.2 Å². The summed E-state index contributed by atoms with van der Waals surface area (Å²) in [5.41, 5.74) is 3.07. The molecule has 0 saturated carbocycles. The minimum absolute atomic E-state index is 0.0347. The zero-order valence-electron chi connectivity index (χ0n) is 18.3. The highest BCUT2D eigenvalue weighted by Gasteiger charge is 2.25. The van der Waals surface area contributed by atoms with Gasteiger partial charge in [0, 0.05) is 55.8 Å². The predicted octanol–water partition coefficient (Wildman–Crippen LogP) is 3.99. The summed E-state index contributed by atoms with van der Waals surface area (Å²) < 4.78 is 1.56. The second-order valence-corrected chi connectivity index (χ2v) is 10.1. The lowest BCUT2D eigenvalue weighted by Gasteiger charge is -2.34. The van der Waals surface area contributed by atoms with E-state index >= 15 is 0 Å². The molecule has 0 radical (unpaired) electrons. The van der Waals surface area contributed by atoms with Crippen LogP contribution in [0.25, 0.3) is 26.4 Å². The Morgan fingerprint density at radius 2 is 1.79 bits per heavy atom. The van der Waals surface area contributed by atoms with Gasteiger partial charge in [0.05, 0.1) is 27.3 Å². The quantitative estimate of drug-likeness (QED) is 0.383. The Kier molecular flexibility index (Phi) is 5.44. The molecule has 34 heavy (non-hydrogen) atoms. The normalized spacial score (nSPS) is 14.8. The van der Waals surface area contributed by atoms with E-state index in [4.69, 9.17) is 4.98 Å². The van der Waals surface area contributed by atoms with Crippen LogP contribution < -0.4 is 5.56 Å². The zero-order valence-corrected chi connectivity index (χ0v) is 19.9. The molecular formula is C25H21N5O2S2. The number of nitrogens with zero attached hydrogens (tertiary/aromatic N) is 5. The Hall–Kier alpha value is -3.40. The maximum Gasteiger partial charge on any atom is 0.258 e. The predicted molar refractivity (Wildman–Crippen MR) is 136 cm³/mol. The Morgan fingerprint density at radius 1 is 0.941 bits per heavy atom. The molecule has 0 unspecified atom stereocenters. The van der Waals surface area contributed by atoms with Crippen LogP contribution in [0.4, 0.5) is 0 Å². The van der Waals surface area contributed by atoms with Gasteiger partial charge < -0.3 is 4.90 Å². The number of thiazole rings is 1. The Balaban J connectivity index is 1.21. The first-order valence-corrected chi connectivity index (χ1v) is 12.8. The minimum Gasteiger partial charge on any atom is -0.336 e. The SMILES string of the molecule is O=C(c1cc(-c2cccs2)nc2ccccc12)N1CCN(Cc2cc(=O)n3ccsc3n2)CC1. The van der Waals surface area contributed by atoms with E-state index in [-0.39, 0.29) is 11.5 Å². The molecule has 7 nitrogen and oxygen atoms in total. The molecule has 1 amide bonds. The summed E-state index contributed by atoms with van der Waals surface area (Å²) in [7, 11) is 0. The first-order valence-electron chi connectivity index (χ1n) is 11.1. The maximum absolute atomic E-state index is 13.6. The van der Waals surface area contributed by atoms with Crippen molar-refractivity contribution in [1.29, 1.82) is 0 Å². The third-order valence-corrected chi connectivity index (χ3v) is 7.77. The number of hydrogen-bond acceptors (Lipinski definition) is 7. The van der Waals surface area contributed by atoms with E-state index < -0.39 is 0 Å². The molecule has 1 aliphatic rings. The van der Waals surface area contributed by atoms with E-state index in [2.05, 4.69) is 9.88 Å². The first kappa shape index (κ1) is 21.2. The summed E-state index contributed by atoms with van der Waals surface area (Å²) in [6, 6.07) is 15.4. The van der Waals surface area contributed by atoms with Gasteiger partial charge in [-0.2, -0.15) is 0 Å². The number of fused-ring (bicyclic) bond motifs is 2. The van der Waals surface area contributed by atoms with Crippen LogP contribution in [0.2, 0.25) is 0 Å². The molecule has 0 bridgehead atoms. The van der Waals surface area contributed by atoms with Gasteiger partial charge in [-0.25, -0.2) is 9.97 Å². The Labute approximate surface area is 203 Å². The second kappa shape index (κ2) is 8.75. The van der Waals surface area contributed by atoms with Gasteiger partial charge in [0.25, 0.3) is 11.5 Å². The van der Waals surface area contributed by atoms with E-state index in [1.54, 1.807) is 28.0 Å². The highest BCUT2D eigenvalue weighted by molar-refractivity contribution is 7.15. The number of piperazine rings is 1. The van der Waals surface area contributed by atoms with Crippen LogP contribution in [-0.2, 0) is 6.54 Å². The topological polar surface area (TPSA) is 70.8 Å². The van der Waals surface area contributed by atoms with Crippen molar-refractivity contribution in [2.75, 3.05) is 26.2 Å². The molecule has 6 rings (SSSR count). The van der Waals surface area contributed by atoms with Gasteiger partial charge in [-0.1, -0.05) is 24.3 Å². The lowest BCUT2D eigenvalue weighted by Crippen LogP contribution is -2.48. The molecule has 170 valence electrons. The van der Waals surface area contributed by atoms with Crippen molar-refractivity contribution >= 4 is 44.4 Å². The van der Waals surface area contributed by atoms with Crippen molar-refractivity contribution in [3.05, 3.63) is 87.1 Å². The number of aromatic nitrogens is 3. The number of carbonyl (C=O) groups is 1. The van der Waals surface area contributed by atoms with Gasteiger partial charge in [0.2, 0.25) is 0 Å². The average Bonchev–Trinajstić information content (AvgIpc) is 3.56. The molecule has 5 aromatic rings. The molecule has 5 heterocycles. The van der Waals surface area contributed by atoms with Gasteiger partial charge >= 0.3 is 0 Å². The van der Waals surface area contributed by atoms with Crippen LogP contribution in [-0.4, -0.2) is 56.3 Å².